The number of fused-ring (bicyclic) bond motifs is 2. The van der Waals surface area contributed by atoms with Gasteiger partial charge in [0.25, 0.3) is 11.8 Å². The zero-order valence-corrected chi connectivity index (χ0v) is 17.5. The van der Waals surface area contributed by atoms with Crippen LogP contribution in [0.2, 0.25) is 0 Å². The second kappa shape index (κ2) is 7.64. The zero-order chi connectivity index (χ0) is 24.4. The molecule has 0 aromatic heterocycles. The number of amides is 4. The van der Waals surface area contributed by atoms with Crippen LogP contribution in [-0.4, -0.2) is 39.5 Å². The van der Waals surface area contributed by atoms with Gasteiger partial charge in [-0.25, -0.2) is 4.39 Å². The van der Waals surface area contributed by atoms with Crippen molar-refractivity contribution in [2.24, 2.45) is 0 Å². The molecule has 0 spiro atoms. The van der Waals surface area contributed by atoms with Gasteiger partial charge in [0.15, 0.2) is 0 Å². The largest absolute Gasteiger partial charge is 0.416 e. The van der Waals surface area contributed by atoms with Crippen molar-refractivity contribution in [3.63, 3.8) is 0 Å². The van der Waals surface area contributed by atoms with Crippen molar-refractivity contribution in [2.45, 2.75) is 44.7 Å². The number of carbonyl (C=O) groups is 4. The third kappa shape index (κ3) is 3.61. The first-order chi connectivity index (χ1) is 16.0. The number of carbonyl (C=O) groups excluding carboxylic acids is 4. The fraction of sp³-hybridized carbons (Fsp3) is 0.304. The Balaban J connectivity index is 1.37. The van der Waals surface area contributed by atoms with Gasteiger partial charge in [-0.05, 0) is 53.4 Å². The highest BCUT2D eigenvalue weighted by Gasteiger charge is 2.41. The molecule has 2 aromatic carbocycles. The first kappa shape index (κ1) is 22.1. The van der Waals surface area contributed by atoms with Crippen LogP contribution in [0.4, 0.5) is 17.6 Å². The van der Waals surface area contributed by atoms with Crippen molar-refractivity contribution < 1.29 is 36.7 Å². The van der Waals surface area contributed by atoms with E-state index in [4.69, 9.17) is 0 Å². The highest BCUT2D eigenvalue weighted by atomic mass is 19.4. The predicted molar refractivity (Wildman–Crippen MR) is 107 cm³/mol. The molecule has 1 N–H and O–H groups in total. The smallest absolute Gasteiger partial charge is 0.330 e. The van der Waals surface area contributed by atoms with Gasteiger partial charge in [0.05, 0.1) is 5.56 Å². The molecule has 0 aliphatic carbocycles. The Hall–Kier alpha value is -3.76. The summed E-state index contributed by atoms with van der Waals surface area (Å²) < 4.78 is 53.8. The van der Waals surface area contributed by atoms with Crippen LogP contribution in [0.1, 0.15) is 55.8 Å². The van der Waals surface area contributed by atoms with Gasteiger partial charge in [-0.1, -0.05) is 0 Å². The SMILES string of the molecule is O=C1CCC(N2Cc3cc(C(=O)N4Cc5cc(F)cc(C(F)(F)F)c5C4)ccc3C2=O)C(=O)N1. The summed E-state index contributed by atoms with van der Waals surface area (Å²) in [6, 6.07) is 4.95. The van der Waals surface area contributed by atoms with Crippen LogP contribution in [-0.2, 0) is 35.4 Å². The molecule has 1 atom stereocenters. The second-order valence-electron chi connectivity index (χ2n) is 8.52. The van der Waals surface area contributed by atoms with E-state index >= 15 is 0 Å². The minimum Gasteiger partial charge on any atom is -0.330 e. The molecule has 4 amide bonds. The Kier molecular flexibility index (Phi) is 4.96. The van der Waals surface area contributed by atoms with Crippen LogP contribution in [0.5, 0.6) is 0 Å². The van der Waals surface area contributed by atoms with Crippen molar-refractivity contribution in [3.05, 3.63) is 69.5 Å². The number of piperidine rings is 1. The molecule has 7 nitrogen and oxygen atoms in total. The van der Waals surface area contributed by atoms with E-state index in [-0.39, 0.29) is 49.2 Å². The molecule has 1 fully saturated rings. The van der Waals surface area contributed by atoms with Crippen molar-refractivity contribution in [1.82, 2.24) is 15.1 Å². The number of alkyl halides is 3. The number of hydrogen-bond acceptors (Lipinski definition) is 4. The van der Waals surface area contributed by atoms with Gasteiger partial charge in [-0.15, -0.1) is 0 Å². The van der Waals surface area contributed by atoms with E-state index in [1.165, 1.54) is 28.0 Å². The molecular weight excluding hydrogens is 458 g/mol. The number of hydrogen-bond donors (Lipinski definition) is 1. The standard InChI is InChI=1S/C23H17F4N3O4/c24-14-6-13-8-29(10-16(13)17(7-14)23(25,26)27)21(33)11-1-2-15-12(5-11)9-30(22(15)34)18-3-4-19(31)28-20(18)32/h1-2,5-7,18H,3-4,8-10H2,(H,28,31,32). The first-order valence-corrected chi connectivity index (χ1v) is 10.5. The van der Waals surface area contributed by atoms with Crippen LogP contribution >= 0.6 is 0 Å². The third-order valence-electron chi connectivity index (χ3n) is 6.38. The van der Waals surface area contributed by atoms with Gasteiger partial charge >= 0.3 is 6.18 Å². The third-order valence-corrected chi connectivity index (χ3v) is 6.38. The summed E-state index contributed by atoms with van der Waals surface area (Å²) in [5.41, 5.74) is -0.161. The number of rotatable bonds is 2. The van der Waals surface area contributed by atoms with Gasteiger partial charge in [0.1, 0.15) is 11.9 Å². The molecule has 3 aliphatic heterocycles. The Morgan fingerprint density at radius 3 is 2.47 bits per heavy atom. The monoisotopic (exact) mass is 475 g/mol. The lowest BCUT2D eigenvalue weighted by Gasteiger charge is -2.29. The maximum absolute atomic E-state index is 13.7. The van der Waals surface area contributed by atoms with E-state index < -0.39 is 47.2 Å². The fourth-order valence-electron chi connectivity index (χ4n) is 4.76. The summed E-state index contributed by atoms with van der Waals surface area (Å²) in [4.78, 5) is 52.0. The van der Waals surface area contributed by atoms with E-state index in [0.717, 1.165) is 6.07 Å². The van der Waals surface area contributed by atoms with Crippen molar-refractivity contribution >= 4 is 23.6 Å². The average molecular weight is 475 g/mol. The Morgan fingerprint density at radius 1 is 1.00 bits per heavy atom. The molecule has 5 rings (SSSR count). The van der Waals surface area contributed by atoms with Crippen molar-refractivity contribution in [3.8, 4) is 0 Å². The van der Waals surface area contributed by atoms with E-state index in [2.05, 4.69) is 5.32 Å². The number of halogens is 4. The summed E-state index contributed by atoms with van der Waals surface area (Å²) in [5.74, 6) is -2.94. The molecule has 0 radical (unpaired) electrons. The van der Waals surface area contributed by atoms with Gasteiger partial charge in [-0.2, -0.15) is 13.2 Å². The minimum atomic E-state index is -4.75. The lowest BCUT2D eigenvalue weighted by atomic mass is 10.0. The molecule has 0 bridgehead atoms. The number of benzene rings is 2. The molecule has 1 unspecified atom stereocenters. The predicted octanol–water partition coefficient (Wildman–Crippen LogP) is 2.76. The normalized spacial score (nSPS) is 19.9. The van der Waals surface area contributed by atoms with Gasteiger partial charge in [0.2, 0.25) is 11.8 Å². The van der Waals surface area contributed by atoms with Gasteiger partial charge in [-0.3, -0.25) is 24.5 Å². The minimum absolute atomic E-state index is 0.0607. The van der Waals surface area contributed by atoms with E-state index in [1.54, 1.807) is 0 Å². The molecule has 2 aromatic rings. The highest BCUT2D eigenvalue weighted by molar-refractivity contribution is 6.06. The Labute approximate surface area is 190 Å². The lowest BCUT2D eigenvalue weighted by Crippen LogP contribution is -2.52. The van der Waals surface area contributed by atoms with Crippen LogP contribution in [0.3, 0.4) is 0 Å². The summed E-state index contributed by atoms with van der Waals surface area (Å²) in [6.45, 7) is -0.430. The van der Waals surface area contributed by atoms with Crippen molar-refractivity contribution in [1.29, 1.82) is 0 Å². The number of imide groups is 1. The van der Waals surface area contributed by atoms with Crippen LogP contribution in [0.15, 0.2) is 30.3 Å². The van der Waals surface area contributed by atoms with Crippen LogP contribution in [0.25, 0.3) is 0 Å². The highest BCUT2D eigenvalue weighted by Crippen LogP contribution is 2.38. The summed E-state index contributed by atoms with van der Waals surface area (Å²) >= 11 is 0. The van der Waals surface area contributed by atoms with Crippen LogP contribution < -0.4 is 5.32 Å². The van der Waals surface area contributed by atoms with E-state index in [9.17, 15) is 36.7 Å². The maximum Gasteiger partial charge on any atom is 0.416 e. The first-order valence-electron chi connectivity index (χ1n) is 10.5. The van der Waals surface area contributed by atoms with E-state index in [1.807, 2.05) is 0 Å². The van der Waals surface area contributed by atoms with Gasteiger partial charge < -0.3 is 9.80 Å². The fourth-order valence-corrected chi connectivity index (χ4v) is 4.76. The van der Waals surface area contributed by atoms with Crippen molar-refractivity contribution in [2.75, 3.05) is 0 Å². The summed E-state index contributed by atoms with van der Waals surface area (Å²) in [5, 5.41) is 2.21. The van der Waals surface area contributed by atoms with Crippen LogP contribution in [0, 0.1) is 5.82 Å². The topological polar surface area (TPSA) is 86.8 Å². The number of nitrogens with zero attached hydrogens (tertiary/aromatic N) is 2. The molecular formula is C23H17F4N3O4. The summed E-state index contributed by atoms with van der Waals surface area (Å²) in [6.07, 6.45) is -4.45. The molecule has 0 saturated carbocycles. The lowest BCUT2D eigenvalue weighted by molar-refractivity contribution is -0.139. The molecule has 11 heteroatoms. The Bertz CT molecular complexity index is 1270. The van der Waals surface area contributed by atoms with E-state index in [0.29, 0.717) is 17.2 Å². The molecule has 176 valence electrons. The summed E-state index contributed by atoms with van der Waals surface area (Å²) in [7, 11) is 0. The Morgan fingerprint density at radius 2 is 1.76 bits per heavy atom. The molecule has 34 heavy (non-hydrogen) atoms. The molecule has 1 saturated heterocycles. The van der Waals surface area contributed by atoms with Gasteiger partial charge in [0, 0.05) is 37.2 Å². The second-order valence-corrected chi connectivity index (χ2v) is 8.52. The molecule has 3 heterocycles. The number of nitrogens with one attached hydrogen (secondary N) is 1. The maximum atomic E-state index is 13.7. The average Bonchev–Trinajstić information content (AvgIpc) is 3.33. The zero-order valence-electron chi connectivity index (χ0n) is 17.5. The molecule has 3 aliphatic rings. The quantitative estimate of drug-likeness (QED) is 0.535.